The Kier molecular flexibility index (Phi) is 2.88. The second-order valence-corrected chi connectivity index (χ2v) is 2.87. The summed E-state index contributed by atoms with van der Waals surface area (Å²) < 4.78 is 10.1. The summed E-state index contributed by atoms with van der Waals surface area (Å²) in [4.78, 5) is 10.4. The fraction of sp³-hybridized carbons (Fsp3) is 0.286. The normalized spacial score (nSPS) is 10.2. The Balaban J connectivity index is 2.92. The molecular weight excluding hydrogens is 228 g/mol. The molecule has 0 bridgehead atoms. The van der Waals surface area contributed by atoms with E-state index in [1.54, 1.807) is 0 Å². The molecule has 0 saturated heterocycles. The van der Waals surface area contributed by atoms with Gasteiger partial charge in [-0.15, -0.1) is 0 Å². The molecule has 4 nitrogen and oxygen atoms in total. The van der Waals surface area contributed by atoms with Crippen molar-refractivity contribution in [1.82, 2.24) is 0 Å². The molecule has 1 aromatic rings. The molecule has 66 valence electrons. The Labute approximate surface area is 77.3 Å². The summed E-state index contributed by atoms with van der Waals surface area (Å²) in [6, 6.07) is 1.43. The highest BCUT2D eigenvalue weighted by Crippen LogP contribution is 2.22. The van der Waals surface area contributed by atoms with Gasteiger partial charge in [-0.2, -0.15) is 0 Å². The predicted molar refractivity (Wildman–Crippen MR) is 44.1 cm³/mol. The SMILES string of the molecule is COCc1cc(C(=O)O)oc1Br. The first-order valence-corrected chi connectivity index (χ1v) is 3.95. The number of ether oxygens (including phenoxy) is 1. The van der Waals surface area contributed by atoms with E-state index in [0.29, 0.717) is 16.8 Å². The van der Waals surface area contributed by atoms with E-state index in [4.69, 9.17) is 14.3 Å². The lowest BCUT2D eigenvalue weighted by Gasteiger charge is -1.91. The van der Waals surface area contributed by atoms with Crippen molar-refractivity contribution in [2.75, 3.05) is 7.11 Å². The fourth-order valence-electron chi connectivity index (χ4n) is 0.766. The number of furan rings is 1. The molecular formula is C7H7BrO4. The molecule has 0 aliphatic rings. The van der Waals surface area contributed by atoms with Crippen LogP contribution >= 0.6 is 15.9 Å². The number of hydrogen-bond donors (Lipinski definition) is 1. The molecule has 0 atom stereocenters. The van der Waals surface area contributed by atoms with Crippen molar-refractivity contribution in [1.29, 1.82) is 0 Å². The number of carboxylic acids is 1. The molecule has 0 saturated carbocycles. The van der Waals surface area contributed by atoms with E-state index in [0.717, 1.165) is 0 Å². The van der Waals surface area contributed by atoms with Crippen molar-refractivity contribution >= 4 is 21.9 Å². The lowest BCUT2D eigenvalue weighted by molar-refractivity contribution is 0.0661. The summed E-state index contributed by atoms with van der Waals surface area (Å²) in [6.45, 7) is 0.331. The van der Waals surface area contributed by atoms with Gasteiger partial charge in [-0.1, -0.05) is 0 Å². The van der Waals surface area contributed by atoms with Crippen LogP contribution < -0.4 is 0 Å². The highest BCUT2D eigenvalue weighted by Gasteiger charge is 2.13. The largest absolute Gasteiger partial charge is 0.475 e. The Morgan fingerprint density at radius 3 is 2.92 bits per heavy atom. The van der Waals surface area contributed by atoms with Gasteiger partial charge >= 0.3 is 5.97 Å². The van der Waals surface area contributed by atoms with Crippen LogP contribution in [0.25, 0.3) is 0 Å². The molecule has 5 heteroatoms. The van der Waals surface area contributed by atoms with Crippen LogP contribution in [0.5, 0.6) is 0 Å². The van der Waals surface area contributed by atoms with E-state index in [1.807, 2.05) is 0 Å². The number of carbonyl (C=O) groups is 1. The standard InChI is InChI=1S/C7H7BrO4/c1-11-3-4-2-5(7(9)10)12-6(4)8/h2H,3H2,1H3,(H,9,10). The van der Waals surface area contributed by atoms with Crippen molar-refractivity contribution in [2.24, 2.45) is 0 Å². The number of rotatable bonds is 3. The molecule has 0 unspecified atom stereocenters. The van der Waals surface area contributed by atoms with Crippen molar-refractivity contribution in [2.45, 2.75) is 6.61 Å². The summed E-state index contributed by atoms with van der Waals surface area (Å²) in [5.41, 5.74) is 0.690. The summed E-state index contributed by atoms with van der Waals surface area (Å²) in [7, 11) is 1.53. The third kappa shape index (κ3) is 1.86. The molecule has 1 aromatic heterocycles. The second kappa shape index (κ2) is 3.73. The van der Waals surface area contributed by atoms with E-state index in [9.17, 15) is 4.79 Å². The van der Waals surface area contributed by atoms with Gasteiger partial charge in [0.15, 0.2) is 4.67 Å². The first kappa shape index (κ1) is 9.28. The van der Waals surface area contributed by atoms with Crippen LogP contribution in [-0.4, -0.2) is 18.2 Å². The molecule has 0 fully saturated rings. The smallest absolute Gasteiger partial charge is 0.371 e. The molecule has 0 spiro atoms. The van der Waals surface area contributed by atoms with Crippen molar-refractivity contribution < 1.29 is 19.1 Å². The molecule has 0 aliphatic carbocycles. The monoisotopic (exact) mass is 234 g/mol. The highest BCUT2D eigenvalue weighted by molar-refractivity contribution is 9.10. The average molecular weight is 235 g/mol. The first-order chi connectivity index (χ1) is 5.65. The van der Waals surface area contributed by atoms with Gasteiger partial charge in [-0.25, -0.2) is 4.79 Å². The lowest BCUT2D eigenvalue weighted by atomic mass is 10.3. The predicted octanol–water partition coefficient (Wildman–Crippen LogP) is 1.89. The number of hydrogen-bond acceptors (Lipinski definition) is 3. The zero-order valence-electron chi connectivity index (χ0n) is 6.33. The maximum Gasteiger partial charge on any atom is 0.371 e. The number of halogens is 1. The van der Waals surface area contributed by atoms with Gasteiger partial charge < -0.3 is 14.3 Å². The van der Waals surface area contributed by atoms with E-state index in [2.05, 4.69) is 15.9 Å². The van der Waals surface area contributed by atoms with Crippen LogP contribution in [-0.2, 0) is 11.3 Å². The Morgan fingerprint density at radius 1 is 1.83 bits per heavy atom. The highest BCUT2D eigenvalue weighted by atomic mass is 79.9. The van der Waals surface area contributed by atoms with Crippen molar-refractivity contribution in [3.63, 3.8) is 0 Å². The summed E-state index contributed by atoms with van der Waals surface area (Å²) in [6.07, 6.45) is 0. The van der Waals surface area contributed by atoms with E-state index in [-0.39, 0.29) is 5.76 Å². The van der Waals surface area contributed by atoms with Gasteiger partial charge in [-0.3, -0.25) is 0 Å². The molecule has 1 N–H and O–H groups in total. The minimum atomic E-state index is -1.09. The second-order valence-electron chi connectivity index (χ2n) is 2.15. The number of carboxylic acid groups (broad SMARTS) is 1. The molecule has 1 rings (SSSR count). The fourth-order valence-corrected chi connectivity index (χ4v) is 1.17. The Morgan fingerprint density at radius 2 is 2.50 bits per heavy atom. The van der Waals surface area contributed by atoms with E-state index < -0.39 is 5.97 Å². The average Bonchev–Trinajstić information content (AvgIpc) is 2.34. The van der Waals surface area contributed by atoms with E-state index in [1.165, 1.54) is 13.2 Å². The minimum Gasteiger partial charge on any atom is -0.475 e. The number of aromatic carboxylic acids is 1. The topological polar surface area (TPSA) is 59.7 Å². The zero-order valence-corrected chi connectivity index (χ0v) is 7.92. The third-order valence-electron chi connectivity index (χ3n) is 1.27. The number of methoxy groups -OCH3 is 1. The van der Waals surface area contributed by atoms with Gasteiger partial charge in [0.1, 0.15) is 0 Å². The Hall–Kier alpha value is -0.810. The molecule has 12 heavy (non-hydrogen) atoms. The first-order valence-electron chi connectivity index (χ1n) is 3.15. The van der Waals surface area contributed by atoms with Crippen LogP contribution in [0, 0.1) is 0 Å². The zero-order chi connectivity index (χ0) is 9.14. The van der Waals surface area contributed by atoms with Gasteiger partial charge in [0.25, 0.3) is 0 Å². The molecule has 1 heterocycles. The van der Waals surface area contributed by atoms with Crippen LogP contribution in [0.2, 0.25) is 0 Å². The van der Waals surface area contributed by atoms with Crippen LogP contribution in [0.1, 0.15) is 16.1 Å². The lowest BCUT2D eigenvalue weighted by Crippen LogP contribution is -1.92. The molecule has 0 aliphatic heterocycles. The van der Waals surface area contributed by atoms with Crippen LogP contribution in [0.3, 0.4) is 0 Å². The van der Waals surface area contributed by atoms with Crippen LogP contribution in [0.15, 0.2) is 15.2 Å². The quantitative estimate of drug-likeness (QED) is 0.868. The van der Waals surface area contributed by atoms with Gasteiger partial charge in [0, 0.05) is 12.7 Å². The summed E-state index contributed by atoms with van der Waals surface area (Å²) in [5.74, 6) is -1.17. The van der Waals surface area contributed by atoms with Crippen LogP contribution in [0.4, 0.5) is 0 Å². The van der Waals surface area contributed by atoms with Crippen molar-refractivity contribution in [3.05, 3.63) is 22.1 Å². The summed E-state index contributed by atoms with van der Waals surface area (Å²) >= 11 is 3.08. The molecule has 0 radical (unpaired) electrons. The summed E-state index contributed by atoms with van der Waals surface area (Å²) in [5, 5.41) is 8.54. The maximum absolute atomic E-state index is 10.4. The van der Waals surface area contributed by atoms with E-state index >= 15 is 0 Å². The third-order valence-corrected chi connectivity index (χ3v) is 1.94. The van der Waals surface area contributed by atoms with Gasteiger partial charge in [0.05, 0.1) is 6.61 Å². The maximum atomic E-state index is 10.4. The van der Waals surface area contributed by atoms with Crippen molar-refractivity contribution in [3.8, 4) is 0 Å². The Bertz CT molecular complexity index is 292. The molecule has 0 amide bonds. The minimum absolute atomic E-state index is 0.0890. The van der Waals surface area contributed by atoms with Gasteiger partial charge in [0.2, 0.25) is 5.76 Å². The van der Waals surface area contributed by atoms with Gasteiger partial charge in [-0.05, 0) is 22.0 Å². The molecule has 0 aromatic carbocycles.